The first kappa shape index (κ1) is 21.4. The molecular formula is C22H41NO. The molecule has 0 radical (unpaired) electrons. The van der Waals surface area contributed by atoms with E-state index in [-0.39, 0.29) is 5.60 Å². The van der Waals surface area contributed by atoms with Gasteiger partial charge in [0.2, 0.25) is 0 Å². The van der Waals surface area contributed by atoms with E-state index in [0.29, 0.717) is 17.9 Å². The van der Waals surface area contributed by atoms with Crippen LogP contribution in [0.25, 0.3) is 0 Å². The van der Waals surface area contributed by atoms with Crippen molar-refractivity contribution in [3.05, 3.63) is 24.3 Å². The van der Waals surface area contributed by atoms with Gasteiger partial charge in [0, 0.05) is 6.54 Å². The number of ether oxygens (including phenoxy) is 1. The molecule has 2 aliphatic rings. The number of epoxide rings is 1. The van der Waals surface area contributed by atoms with Crippen LogP contribution in [0, 0.1) is 11.8 Å². The lowest BCUT2D eigenvalue weighted by molar-refractivity contribution is 0.227. The zero-order valence-corrected chi connectivity index (χ0v) is 17.1. The highest BCUT2D eigenvalue weighted by Crippen LogP contribution is 2.46. The van der Waals surface area contributed by atoms with E-state index in [9.17, 15) is 0 Å². The predicted molar refractivity (Wildman–Crippen MR) is 106 cm³/mol. The molecule has 0 aromatic rings. The number of hydrogen-bond donors (Lipinski definition) is 0. The minimum absolute atomic E-state index is 0.148. The molecule has 1 heterocycles. The molecule has 2 nitrogen and oxygen atoms in total. The van der Waals surface area contributed by atoms with Crippen molar-refractivity contribution in [3.8, 4) is 0 Å². The summed E-state index contributed by atoms with van der Waals surface area (Å²) in [5, 5.41) is 0. The van der Waals surface area contributed by atoms with Crippen molar-refractivity contribution >= 4 is 0 Å². The average molecular weight is 336 g/mol. The molecule has 1 aliphatic carbocycles. The summed E-state index contributed by atoms with van der Waals surface area (Å²) in [5.74, 6) is 1.28. The van der Waals surface area contributed by atoms with Crippen molar-refractivity contribution in [2.24, 2.45) is 11.8 Å². The fourth-order valence-corrected chi connectivity index (χ4v) is 3.62. The maximum Gasteiger partial charge on any atom is 0.0923 e. The van der Waals surface area contributed by atoms with Crippen LogP contribution in [0.1, 0.15) is 73.1 Å². The van der Waals surface area contributed by atoms with E-state index >= 15 is 0 Å². The van der Waals surface area contributed by atoms with Crippen molar-refractivity contribution < 1.29 is 4.74 Å². The van der Waals surface area contributed by atoms with Crippen molar-refractivity contribution in [3.63, 3.8) is 0 Å². The fraction of sp³-hybridized carbons (Fsp3) is 0.818. The molecule has 2 heteroatoms. The van der Waals surface area contributed by atoms with Gasteiger partial charge in [-0.3, -0.25) is 0 Å². The number of fused-ring (bicyclic) bond motifs is 1. The van der Waals surface area contributed by atoms with Crippen LogP contribution in [-0.4, -0.2) is 36.7 Å². The maximum atomic E-state index is 6.05. The fourth-order valence-electron chi connectivity index (χ4n) is 3.62. The summed E-state index contributed by atoms with van der Waals surface area (Å²) in [6.07, 6.45) is 12.4. The van der Waals surface area contributed by atoms with Gasteiger partial charge in [-0.05, 0) is 71.4 Å². The van der Waals surface area contributed by atoms with Crippen LogP contribution in [-0.2, 0) is 4.74 Å². The lowest BCUT2D eigenvalue weighted by Gasteiger charge is -2.29. The van der Waals surface area contributed by atoms with Gasteiger partial charge in [-0.15, -0.1) is 6.58 Å². The van der Waals surface area contributed by atoms with Gasteiger partial charge < -0.3 is 9.64 Å². The summed E-state index contributed by atoms with van der Waals surface area (Å²) in [6, 6.07) is 0. The van der Waals surface area contributed by atoms with E-state index in [1.807, 2.05) is 0 Å². The third kappa shape index (κ3) is 6.72. The first-order valence-electron chi connectivity index (χ1n) is 10.0. The highest BCUT2D eigenvalue weighted by molar-refractivity contribution is 5.07. The molecule has 0 bridgehead atoms. The van der Waals surface area contributed by atoms with E-state index in [1.165, 1.54) is 38.5 Å². The van der Waals surface area contributed by atoms with Gasteiger partial charge in [-0.2, -0.15) is 0 Å². The van der Waals surface area contributed by atoms with Gasteiger partial charge in [-0.25, -0.2) is 0 Å². The Morgan fingerprint density at radius 2 is 2.08 bits per heavy atom. The summed E-state index contributed by atoms with van der Waals surface area (Å²) < 4.78 is 6.05. The Hall–Kier alpha value is -0.600. The van der Waals surface area contributed by atoms with Crippen LogP contribution in [0.5, 0.6) is 0 Å². The second-order valence-electron chi connectivity index (χ2n) is 8.00. The van der Waals surface area contributed by atoms with E-state index in [4.69, 9.17) is 4.74 Å². The van der Waals surface area contributed by atoms with Crippen LogP contribution < -0.4 is 0 Å². The minimum atomic E-state index is 0.148. The molecule has 140 valence electrons. The molecule has 1 aliphatic heterocycles. The smallest absolute Gasteiger partial charge is 0.0923 e. The number of allylic oxidation sites excluding steroid dienone is 2. The molecule has 4 unspecified atom stereocenters. The zero-order chi connectivity index (χ0) is 18.2. The molecular weight excluding hydrogens is 294 g/mol. The van der Waals surface area contributed by atoms with Gasteiger partial charge >= 0.3 is 0 Å². The molecule has 2 rings (SSSR count). The largest absolute Gasteiger partial charge is 0.366 e. The van der Waals surface area contributed by atoms with Gasteiger partial charge in [0.1, 0.15) is 0 Å². The quantitative estimate of drug-likeness (QED) is 0.463. The first-order chi connectivity index (χ1) is 11.4. The Balaban J connectivity index is 0.000000891. The molecule has 1 fully saturated rings. The van der Waals surface area contributed by atoms with Gasteiger partial charge in [0.15, 0.2) is 0 Å². The molecule has 4 atom stereocenters. The summed E-state index contributed by atoms with van der Waals surface area (Å²) in [5.41, 5.74) is 1.70. The third-order valence-corrected chi connectivity index (χ3v) is 5.57. The molecule has 1 saturated heterocycles. The van der Waals surface area contributed by atoms with Crippen molar-refractivity contribution in [1.82, 2.24) is 4.90 Å². The summed E-state index contributed by atoms with van der Waals surface area (Å²) in [7, 11) is 2.21. The SMILES string of the molecule is C=CC(CN(C)CC)C1CC/C(C)=C/CCC2(C)OC2C1.CCC. The number of hydrogen-bond acceptors (Lipinski definition) is 2. The van der Waals surface area contributed by atoms with Crippen LogP contribution >= 0.6 is 0 Å². The number of nitrogens with zero attached hydrogens (tertiary/aromatic N) is 1. The third-order valence-electron chi connectivity index (χ3n) is 5.57. The molecule has 0 saturated carbocycles. The maximum absolute atomic E-state index is 6.05. The van der Waals surface area contributed by atoms with E-state index in [2.05, 4.69) is 65.3 Å². The second kappa shape index (κ2) is 10.4. The van der Waals surface area contributed by atoms with E-state index in [1.54, 1.807) is 5.57 Å². The van der Waals surface area contributed by atoms with Gasteiger partial charge in [-0.1, -0.05) is 44.9 Å². The summed E-state index contributed by atoms with van der Waals surface area (Å²) in [6.45, 7) is 17.4. The van der Waals surface area contributed by atoms with Gasteiger partial charge in [0.05, 0.1) is 11.7 Å². The van der Waals surface area contributed by atoms with Crippen LogP contribution in [0.15, 0.2) is 24.3 Å². The summed E-state index contributed by atoms with van der Waals surface area (Å²) >= 11 is 0. The second-order valence-corrected chi connectivity index (χ2v) is 8.00. The Morgan fingerprint density at radius 3 is 2.67 bits per heavy atom. The zero-order valence-electron chi connectivity index (χ0n) is 17.1. The van der Waals surface area contributed by atoms with Crippen LogP contribution in [0.4, 0.5) is 0 Å². The Labute approximate surface area is 151 Å². The molecule has 0 amide bonds. The standard InChI is InChI=1S/C19H33NO.C3H8/c1-6-16(14-20(5)7-2)17-11-10-15(3)9-8-12-19(4)18(13-17)21-19;1-3-2/h6,9,16-18H,1,7-8,10-14H2,2-5H3;3H2,1-2H3/b15-9+;. The van der Waals surface area contributed by atoms with Crippen LogP contribution in [0.3, 0.4) is 0 Å². The average Bonchev–Trinajstić information content (AvgIpc) is 3.19. The van der Waals surface area contributed by atoms with Crippen molar-refractivity contribution in [1.29, 1.82) is 0 Å². The topological polar surface area (TPSA) is 15.8 Å². The monoisotopic (exact) mass is 335 g/mol. The molecule has 0 aromatic heterocycles. The lowest BCUT2D eigenvalue weighted by atomic mass is 9.80. The Morgan fingerprint density at radius 1 is 1.42 bits per heavy atom. The van der Waals surface area contributed by atoms with Gasteiger partial charge in [0.25, 0.3) is 0 Å². The van der Waals surface area contributed by atoms with Crippen molar-refractivity contribution in [2.45, 2.75) is 84.8 Å². The first-order valence-corrected chi connectivity index (χ1v) is 10.0. The predicted octanol–water partition coefficient (Wildman–Crippen LogP) is 5.84. The highest BCUT2D eigenvalue weighted by Gasteiger charge is 2.52. The highest BCUT2D eigenvalue weighted by atomic mass is 16.6. The molecule has 24 heavy (non-hydrogen) atoms. The lowest BCUT2D eigenvalue weighted by Crippen LogP contribution is -2.30. The Kier molecular flexibility index (Phi) is 9.30. The van der Waals surface area contributed by atoms with Crippen LogP contribution in [0.2, 0.25) is 0 Å². The molecule has 0 spiro atoms. The normalized spacial score (nSPS) is 33.4. The van der Waals surface area contributed by atoms with E-state index < -0.39 is 0 Å². The summed E-state index contributed by atoms with van der Waals surface area (Å²) in [4.78, 5) is 2.40. The minimum Gasteiger partial charge on any atom is -0.366 e. The molecule has 0 aromatic carbocycles. The number of rotatable bonds is 5. The van der Waals surface area contributed by atoms with E-state index in [0.717, 1.165) is 13.1 Å². The Bertz CT molecular complexity index is 403. The molecule has 0 N–H and O–H groups in total. The van der Waals surface area contributed by atoms with Crippen molar-refractivity contribution in [2.75, 3.05) is 20.1 Å².